The summed E-state index contributed by atoms with van der Waals surface area (Å²) in [7, 11) is 0. The second-order valence-corrected chi connectivity index (χ2v) is 8.21. The van der Waals surface area contributed by atoms with Gasteiger partial charge < -0.3 is 4.57 Å². The fraction of sp³-hybridized carbons (Fsp3) is 0.0769. The van der Waals surface area contributed by atoms with Gasteiger partial charge in [-0.15, -0.1) is 0 Å². The van der Waals surface area contributed by atoms with E-state index in [2.05, 4.69) is 21.1 Å². The lowest BCUT2D eigenvalue weighted by molar-refractivity contribution is -0.385. The van der Waals surface area contributed by atoms with E-state index >= 15 is 0 Å². The zero-order valence-corrected chi connectivity index (χ0v) is 20.8. The number of halogens is 1. The molecule has 13 nitrogen and oxygen atoms in total. The fourth-order valence-electron chi connectivity index (χ4n) is 3.84. The molecule has 4 aromatic rings. The number of hydrogen-bond donors (Lipinski definition) is 2. The van der Waals surface area contributed by atoms with Crippen molar-refractivity contribution in [1.82, 2.24) is 9.99 Å². The highest BCUT2D eigenvalue weighted by molar-refractivity contribution is 5.98. The fourth-order valence-corrected chi connectivity index (χ4v) is 3.84. The van der Waals surface area contributed by atoms with E-state index in [0.29, 0.717) is 12.1 Å². The van der Waals surface area contributed by atoms with Crippen LogP contribution in [0.5, 0.6) is 0 Å². The van der Waals surface area contributed by atoms with E-state index in [1.165, 1.54) is 54.9 Å². The van der Waals surface area contributed by atoms with E-state index in [1.807, 2.05) is 0 Å². The van der Waals surface area contributed by atoms with Crippen molar-refractivity contribution in [3.63, 3.8) is 0 Å². The first kappa shape index (κ1) is 27.3. The van der Waals surface area contributed by atoms with Gasteiger partial charge in [-0.2, -0.15) is 10.2 Å². The molecule has 1 amide bonds. The number of hydrogen-bond acceptors (Lipinski definition) is 9. The zero-order valence-electron chi connectivity index (χ0n) is 20.8. The van der Waals surface area contributed by atoms with Crippen LogP contribution in [0.3, 0.4) is 0 Å². The number of benzene rings is 3. The van der Waals surface area contributed by atoms with Gasteiger partial charge in [0.2, 0.25) is 5.43 Å². The largest absolute Gasteiger partial charge is 0.347 e. The Morgan fingerprint density at radius 1 is 0.975 bits per heavy atom. The quantitative estimate of drug-likeness (QED) is 0.180. The second-order valence-electron chi connectivity index (χ2n) is 8.21. The number of para-hydroxylation sites is 2. The Morgan fingerprint density at radius 3 is 2.12 bits per heavy atom. The Morgan fingerprint density at radius 2 is 1.55 bits per heavy atom. The summed E-state index contributed by atoms with van der Waals surface area (Å²) >= 11 is 0. The van der Waals surface area contributed by atoms with Gasteiger partial charge in [-0.1, -0.05) is 24.3 Å². The van der Waals surface area contributed by atoms with Crippen LogP contribution in [0.15, 0.2) is 81.9 Å². The predicted molar refractivity (Wildman–Crippen MR) is 146 cm³/mol. The standard InChI is InChI=1S/C26H20FN7O6/c1-2-32-15-19(26(36)31-29-14-17-8-4-6-10-23(17)34(39)40)25(35)18-11-20(27)21(12-24(18)32)30-28-13-16-7-3-5-9-22(16)33(37)38/h3-15,30H,2H2,1H3,(H,31,36). The molecule has 0 atom stereocenters. The number of rotatable bonds is 9. The van der Waals surface area contributed by atoms with Gasteiger partial charge in [0.1, 0.15) is 11.4 Å². The molecule has 4 rings (SSSR count). The lowest BCUT2D eigenvalue weighted by Gasteiger charge is -2.13. The maximum absolute atomic E-state index is 14.9. The topological polar surface area (TPSA) is 174 Å². The van der Waals surface area contributed by atoms with Gasteiger partial charge in [0.15, 0.2) is 0 Å². The SMILES string of the molecule is CCn1cc(C(=O)NN=Cc2ccccc2[N+](=O)[O-])c(=O)c2cc(F)c(NN=Cc3ccccc3[N+](=O)[O-])cc21. The molecule has 0 spiro atoms. The van der Waals surface area contributed by atoms with Gasteiger partial charge in [-0.3, -0.25) is 35.2 Å². The average Bonchev–Trinajstić information content (AvgIpc) is 2.94. The third-order valence-electron chi connectivity index (χ3n) is 5.78. The highest BCUT2D eigenvalue weighted by Gasteiger charge is 2.18. The van der Waals surface area contributed by atoms with Gasteiger partial charge in [-0.25, -0.2) is 9.82 Å². The Hall–Kier alpha value is -5.79. The number of nitrogens with zero attached hydrogens (tertiary/aromatic N) is 5. The summed E-state index contributed by atoms with van der Waals surface area (Å²) in [5.41, 5.74) is 3.74. The number of aryl methyl sites for hydroxylation is 1. The van der Waals surface area contributed by atoms with Crippen LogP contribution >= 0.6 is 0 Å². The van der Waals surface area contributed by atoms with Crippen molar-refractivity contribution in [3.8, 4) is 0 Å². The number of hydrazone groups is 2. The molecular formula is C26H20FN7O6. The lowest BCUT2D eigenvalue weighted by Crippen LogP contribution is -2.27. The number of fused-ring (bicyclic) bond motifs is 1. The molecule has 2 N–H and O–H groups in total. The van der Waals surface area contributed by atoms with E-state index in [1.54, 1.807) is 23.6 Å². The number of nitro benzene ring substituents is 2. The van der Waals surface area contributed by atoms with E-state index in [-0.39, 0.29) is 39.1 Å². The summed E-state index contributed by atoms with van der Waals surface area (Å²) in [5, 5.41) is 29.8. The smallest absolute Gasteiger partial charge is 0.278 e. The van der Waals surface area contributed by atoms with Crippen molar-refractivity contribution < 1.29 is 19.0 Å². The number of carbonyl (C=O) groups excluding carboxylic acids is 1. The monoisotopic (exact) mass is 545 g/mol. The molecule has 0 fully saturated rings. The van der Waals surface area contributed by atoms with Gasteiger partial charge in [0.25, 0.3) is 17.3 Å². The summed E-state index contributed by atoms with van der Waals surface area (Å²) in [6.07, 6.45) is 3.54. The average molecular weight is 545 g/mol. The molecule has 0 radical (unpaired) electrons. The van der Waals surface area contributed by atoms with Crippen molar-refractivity contribution in [2.24, 2.45) is 10.2 Å². The molecule has 0 saturated heterocycles. The first-order chi connectivity index (χ1) is 19.2. The molecule has 0 bridgehead atoms. The maximum atomic E-state index is 14.9. The van der Waals surface area contributed by atoms with Crippen LogP contribution in [0, 0.1) is 26.0 Å². The third-order valence-corrected chi connectivity index (χ3v) is 5.78. The van der Waals surface area contributed by atoms with Crippen LogP contribution in [0.4, 0.5) is 21.5 Å². The van der Waals surface area contributed by atoms with Crippen LogP contribution in [-0.2, 0) is 6.54 Å². The Balaban J connectivity index is 1.61. The number of nitro groups is 2. The summed E-state index contributed by atoms with van der Waals surface area (Å²) < 4.78 is 16.5. The molecule has 0 unspecified atom stereocenters. The molecule has 14 heteroatoms. The molecule has 3 aromatic carbocycles. The van der Waals surface area contributed by atoms with Crippen molar-refractivity contribution >= 4 is 46.3 Å². The minimum Gasteiger partial charge on any atom is -0.347 e. The normalized spacial score (nSPS) is 11.2. The molecule has 0 aliphatic rings. The molecule has 202 valence electrons. The minimum atomic E-state index is -0.888. The lowest BCUT2D eigenvalue weighted by atomic mass is 10.1. The maximum Gasteiger partial charge on any atom is 0.278 e. The highest BCUT2D eigenvalue weighted by atomic mass is 19.1. The van der Waals surface area contributed by atoms with Gasteiger partial charge in [-0.05, 0) is 31.2 Å². The van der Waals surface area contributed by atoms with E-state index in [0.717, 1.165) is 12.3 Å². The summed E-state index contributed by atoms with van der Waals surface area (Å²) in [6, 6.07) is 13.9. The molecule has 1 heterocycles. The molecule has 0 saturated carbocycles. The Bertz CT molecular complexity index is 1770. The number of anilines is 1. The Labute approximate surface area is 224 Å². The van der Waals surface area contributed by atoms with Crippen LogP contribution < -0.4 is 16.3 Å². The summed E-state index contributed by atoms with van der Waals surface area (Å²) in [4.78, 5) is 47.0. The summed E-state index contributed by atoms with van der Waals surface area (Å²) in [6.45, 7) is 2.06. The number of aromatic nitrogens is 1. The molecule has 0 aliphatic heterocycles. The molecular weight excluding hydrogens is 525 g/mol. The van der Waals surface area contributed by atoms with Crippen molar-refractivity contribution in [3.05, 3.63) is 120 Å². The predicted octanol–water partition coefficient (Wildman–Crippen LogP) is 4.19. The number of amides is 1. The number of pyridine rings is 1. The number of nitrogens with one attached hydrogen (secondary N) is 2. The van der Waals surface area contributed by atoms with Gasteiger partial charge >= 0.3 is 0 Å². The Kier molecular flexibility index (Phi) is 7.99. The van der Waals surface area contributed by atoms with E-state index in [4.69, 9.17) is 0 Å². The summed E-state index contributed by atoms with van der Waals surface area (Å²) in [5.74, 6) is -1.74. The first-order valence-corrected chi connectivity index (χ1v) is 11.7. The first-order valence-electron chi connectivity index (χ1n) is 11.7. The molecule has 0 aliphatic carbocycles. The van der Waals surface area contributed by atoms with E-state index < -0.39 is 27.0 Å². The van der Waals surface area contributed by atoms with Crippen molar-refractivity contribution in [1.29, 1.82) is 0 Å². The van der Waals surface area contributed by atoms with Crippen molar-refractivity contribution in [2.45, 2.75) is 13.5 Å². The van der Waals surface area contributed by atoms with E-state index in [9.17, 15) is 34.2 Å². The van der Waals surface area contributed by atoms with Crippen LogP contribution in [0.2, 0.25) is 0 Å². The molecule has 40 heavy (non-hydrogen) atoms. The van der Waals surface area contributed by atoms with Crippen molar-refractivity contribution in [2.75, 3.05) is 5.43 Å². The highest BCUT2D eigenvalue weighted by Crippen LogP contribution is 2.23. The van der Waals surface area contributed by atoms with Crippen LogP contribution in [0.1, 0.15) is 28.4 Å². The van der Waals surface area contributed by atoms with Crippen LogP contribution in [-0.4, -0.2) is 32.8 Å². The van der Waals surface area contributed by atoms with Gasteiger partial charge in [0.05, 0.1) is 44.6 Å². The minimum absolute atomic E-state index is 0.0806. The zero-order chi connectivity index (χ0) is 28.8. The van der Waals surface area contributed by atoms with Crippen LogP contribution in [0.25, 0.3) is 10.9 Å². The third kappa shape index (κ3) is 5.70. The van der Waals surface area contributed by atoms with Gasteiger partial charge in [0, 0.05) is 30.3 Å². The molecule has 1 aromatic heterocycles. The number of carbonyl (C=O) groups is 1. The second kappa shape index (κ2) is 11.7.